The van der Waals surface area contributed by atoms with E-state index in [1.807, 2.05) is 0 Å². The van der Waals surface area contributed by atoms with Crippen LogP contribution in [0.3, 0.4) is 0 Å². The average Bonchev–Trinajstić information content (AvgIpc) is 2.46. The van der Waals surface area contributed by atoms with Gasteiger partial charge in [-0.2, -0.15) is 0 Å². The molecule has 0 fully saturated rings. The van der Waals surface area contributed by atoms with Crippen LogP contribution in [0.1, 0.15) is 18.9 Å². The highest BCUT2D eigenvalue weighted by atomic mass is 79.9. The van der Waals surface area contributed by atoms with Gasteiger partial charge in [-0.15, -0.1) is 0 Å². The highest BCUT2D eigenvalue weighted by molar-refractivity contribution is 9.10. The average molecular weight is 375 g/mol. The van der Waals surface area contributed by atoms with Gasteiger partial charge < -0.3 is 5.32 Å². The molecule has 5 heteroatoms. The predicted molar refractivity (Wildman–Crippen MR) is 86.5 cm³/mol. The van der Waals surface area contributed by atoms with Gasteiger partial charge in [-0.25, -0.2) is 8.78 Å². The van der Waals surface area contributed by atoms with Gasteiger partial charge >= 0.3 is 0 Å². The summed E-state index contributed by atoms with van der Waals surface area (Å²) in [6.45, 7) is 3.50. The van der Waals surface area contributed by atoms with E-state index in [0.29, 0.717) is 17.1 Å². The molecule has 0 heterocycles. The van der Waals surface area contributed by atoms with Crippen molar-refractivity contribution in [2.24, 2.45) is 0 Å². The van der Waals surface area contributed by atoms with Crippen LogP contribution in [0.2, 0.25) is 5.02 Å². The molecule has 1 N–H and O–H groups in total. The molecule has 0 unspecified atom stereocenters. The van der Waals surface area contributed by atoms with Gasteiger partial charge in [0.25, 0.3) is 0 Å². The first kappa shape index (κ1) is 16.4. The van der Waals surface area contributed by atoms with Crippen LogP contribution in [0.25, 0.3) is 11.1 Å². The maximum Gasteiger partial charge on any atom is 0.148 e. The summed E-state index contributed by atoms with van der Waals surface area (Å²) in [5, 5.41) is 3.81. The molecule has 0 aliphatic heterocycles. The molecule has 0 aliphatic carbocycles. The highest BCUT2D eigenvalue weighted by Crippen LogP contribution is 2.32. The molecule has 0 bridgehead atoms. The zero-order chi connectivity index (χ0) is 15.4. The van der Waals surface area contributed by atoms with Crippen molar-refractivity contribution in [1.29, 1.82) is 0 Å². The third-order valence-corrected chi connectivity index (χ3v) is 4.10. The number of hydrogen-bond donors (Lipinski definition) is 1. The van der Waals surface area contributed by atoms with Crippen LogP contribution in [-0.4, -0.2) is 6.54 Å². The number of halogens is 4. The number of hydrogen-bond acceptors (Lipinski definition) is 1. The normalized spacial score (nSPS) is 10.9. The second-order valence-corrected chi connectivity index (χ2v) is 5.96. The van der Waals surface area contributed by atoms with Crippen molar-refractivity contribution >= 4 is 27.5 Å². The molecule has 2 aromatic carbocycles. The summed E-state index contributed by atoms with van der Waals surface area (Å²) in [7, 11) is 0. The summed E-state index contributed by atoms with van der Waals surface area (Å²) < 4.78 is 28.3. The lowest BCUT2D eigenvalue weighted by atomic mass is 10.0. The highest BCUT2D eigenvalue weighted by Gasteiger charge is 2.15. The monoisotopic (exact) mass is 373 g/mol. The predicted octanol–water partition coefficient (Wildman–Crippen LogP) is 5.55. The van der Waals surface area contributed by atoms with Crippen molar-refractivity contribution in [3.8, 4) is 11.1 Å². The van der Waals surface area contributed by atoms with Crippen molar-refractivity contribution in [3.05, 3.63) is 57.0 Å². The molecule has 0 aromatic heterocycles. The van der Waals surface area contributed by atoms with E-state index in [0.717, 1.165) is 18.5 Å². The Morgan fingerprint density at radius 3 is 2.67 bits per heavy atom. The van der Waals surface area contributed by atoms with Gasteiger partial charge in [0.2, 0.25) is 0 Å². The minimum absolute atomic E-state index is 0.0437. The first-order chi connectivity index (χ1) is 10.0. The Bertz CT molecular complexity index is 646. The van der Waals surface area contributed by atoms with E-state index in [4.69, 9.17) is 11.6 Å². The van der Waals surface area contributed by atoms with E-state index >= 15 is 0 Å². The molecule has 21 heavy (non-hydrogen) atoms. The Morgan fingerprint density at radius 1 is 1.19 bits per heavy atom. The van der Waals surface area contributed by atoms with Crippen LogP contribution in [-0.2, 0) is 6.54 Å². The molecular weight excluding hydrogens is 360 g/mol. The van der Waals surface area contributed by atoms with Gasteiger partial charge in [0.1, 0.15) is 11.6 Å². The Kier molecular flexibility index (Phi) is 5.73. The van der Waals surface area contributed by atoms with Gasteiger partial charge in [-0.3, -0.25) is 0 Å². The fourth-order valence-electron chi connectivity index (χ4n) is 2.06. The standard InChI is InChI=1S/C16H15BrClF2N/c1-2-7-21-9-11-8-10(3-5-13(11)18)15-14(19)6-4-12(17)16(15)20/h3-6,8,21H,2,7,9H2,1H3. The van der Waals surface area contributed by atoms with Crippen LogP contribution in [0.4, 0.5) is 8.78 Å². The first-order valence-electron chi connectivity index (χ1n) is 6.67. The van der Waals surface area contributed by atoms with Crippen molar-refractivity contribution in [2.45, 2.75) is 19.9 Å². The molecule has 0 atom stereocenters. The van der Waals surface area contributed by atoms with Gasteiger partial charge in [-0.1, -0.05) is 24.6 Å². The van der Waals surface area contributed by atoms with Crippen LogP contribution in [0, 0.1) is 11.6 Å². The zero-order valence-electron chi connectivity index (χ0n) is 11.5. The summed E-state index contributed by atoms with van der Waals surface area (Å²) in [6, 6.07) is 7.61. The lowest BCUT2D eigenvalue weighted by Crippen LogP contribution is -2.14. The number of rotatable bonds is 5. The van der Waals surface area contributed by atoms with E-state index in [2.05, 4.69) is 28.2 Å². The van der Waals surface area contributed by atoms with Crippen molar-refractivity contribution < 1.29 is 8.78 Å². The molecule has 1 nitrogen and oxygen atoms in total. The van der Waals surface area contributed by atoms with Crippen molar-refractivity contribution in [1.82, 2.24) is 5.32 Å². The topological polar surface area (TPSA) is 12.0 Å². The van der Waals surface area contributed by atoms with Crippen molar-refractivity contribution in [3.63, 3.8) is 0 Å². The summed E-state index contributed by atoms with van der Waals surface area (Å²) in [4.78, 5) is 0. The van der Waals surface area contributed by atoms with Crippen LogP contribution in [0.15, 0.2) is 34.8 Å². The van der Waals surface area contributed by atoms with E-state index in [1.165, 1.54) is 12.1 Å². The second kappa shape index (κ2) is 7.34. The first-order valence-corrected chi connectivity index (χ1v) is 7.84. The molecule has 0 radical (unpaired) electrons. The molecule has 0 aliphatic rings. The molecule has 2 aromatic rings. The van der Waals surface area contributed by atoms with Crippen LogP contribution in [0.5, 0.6) is 0 Å². The maximum absolute atomic E-state index is 14.2. The van der Waals surface area contributed by atoms with Gasteiger partial charge in [0, 0.05) is 11.6 Å². The van der Waals surface area contributed by atoms with Crippen LogP contribution < -0.4 is 5.32 Å². The Balaban J connectivity index is 2.41. The minimum Gasteiger partial charge on any atom is -0.313 e. The van der Waals surface area contributed by atoms with E-state index < -0.39 is 11.6 Å². The molecule has 0 saturated carbocycles. The Labute approximate surface area is 136 Å². The summed E-state index contributed by atoms with van der Waals surface area (Å²) in [5.41, 5.74) is 1.25. The molecule has 112 valence electrons. The Morgan fingerprint density at radius 2 is 1.95 bits per heavy atom. The van der Waals surface area contributed by atoms with E-state index in [-0.39, 0.29) is 10.0 Å². The maximum atomic E-state index is 14.2. The number of benzene rings is 2. The van der Waals surface area contributed by atoms with Gasteiger partial charge in [-0.05, 0) is 64.3 Å². The van der Waals surface area contributed by atoms with Gasteiger partial charge in [0.15, 0.2) is 0 Å². The fraction of sp³-hybridized carbons (Fsp3) is 0.250. The molecule has 0 saturated heterocycles. The summed E-state index contributed by atoms with van der Waals surface area (Å²) in [6.07, 6.45) is 1.01. The molecule has 0 amide bonds. The Hall–Kier alpha value is -0.970. The SMILES string of the molecule is CCCNCc1cc(-c2c(F)ccc(Br)c2F)ccc1Cl. The van der Waals surface area contributed by atoms with Gasteiger partial charge in [0.05, 0.1) is 10.0 Å². The fourth-order valence-corrected chi connectivity index (χ4v) is 2.57. The molecule has 0 spiro atoms. The number of nitrogens with one attached hydrogen (secondary N) is 1. The lowest BCUT2D eigenvalue weighted by Gasteiger charge is -2.11. The second-order valence-electron chi connectivity index (χ2n) is 4.70. The van der Waals surface area contributed by atoms with E-state index in [9.17, 15) is 8.78 Å². The third kappa shape index (κ3) is 3.82. The summed E-state index contributed by atoms with van der Waals surface area (Å²) in [5.74, 6) is -1.20. The smallest absolute Gasteiger partial charge is 0.148 e. The molecule has 2 rings (SSSR count). The molecular formula is C16H15BrClF2N. The van der Waals surface area contributed by atoms with E-state index in [1.54, 1.807) is 18.2 Å². The van der Waals surface area contributed by atoms with Crippen LogP contribution >= 0.6 is 27.5 Å². The quantitative estimate of drug-likeness (QED) is 0.534. The third-order valence-electron chi connectivity index (χ3n) is 3.12. The minimum atomic E-state index is -0.607. The zero-order valence-corrected chi connectivity index (χ0v) is 13.9. The lowest BCUT2D eigenvalue weighted by molar-refractivity contribution is 0.585. The summed E-state index contributed by atoms with van der Waals surface area (Å²) >= 11 is 9.22. The largest absolute Gasteiger partial charge is 0.313 e. The van der Waals surface area contributed by atoms with Crippen molar-refractivity contribution in [2.75, 3.05) is 6.54 Å².